The van der Waals surface area contributed by atoms with E-state index in [1.807, 2.05) is 182 Å². The highest BCUT2D eigenvalue weighted by atomic mass is 31.2. The first-order valence-electron chi connectivity index (χ1n) is 24.1. The van der Waals surface area contributed by atoms with Gasteiger partial charge in [-0.1, -0.05) is 182 Å². The summed E-state index contributed by atoms with van der Waals surface area (Å²) in [5.74, 6) is -0.578. The molecular formula is C57H63O14P. The molecule has 0 radical (unpaired) electrons. The van der Waals surface area contributed by atoms with Crippen LogP contribution in [-0.4, -0.2) is 92.8 Å². The van der Waals surface area contributed by atoms with Gasteiger partial charge in [-0.2, -0.15) is 0 Å². The standard InChI is InChI=1S/C57H63O14P/c1-41(58)67-56-55(66-38-47-31-19-8-20-32-47)53(64-36-45-27-15-6-16-28-45)51(49(69-56)40-62-34-43-23-11-4-12-24-43)70-72(60-2)71-57-54(65-37-46-29-17-7-18-30-46)52(63-35-44-25-13-5-14-26-44)50(59)48(68-57)39-61-33-42-21-9-3-10-22-42/h3-32,48-57,59H,33-40H2,1-2H3/t48-,49-,50-,51-,52+,53+,54-,55-,56?,57-,72?/m1/s1. The van der Waals surface area contributed by atoms with Crippen LogP contribution in [0.1, 0.15) is 40.3 Å². The summed E-state index contributed by atoms with van der Waals surface area (Å²) in [5, 5.41) is 12.2. The zero-order valence-corrected chi connectivity index (χ0v) is 41.3. The number of aliphatic hydroxyl groups excluding tert-OH is 1. The molecular weight excluding hydrogens is 940 g/mol. The highest BCUT2D eigenvalue weighted by Crippen LogP contribution is 2.48. The fraction of sp³-hybridized carbons (Fsp3) is 0.351. The summed E-state index contributed by atoms with van der Waals surface area (Å²) < 4.78 is 78.3. The number of carbonyl (C=O) groups excluding carboxylic acids is 1. The van der Waals surface area contributed by atoms with Crippen LogP contribution in [0.25, 0.3) is 0 Å². The fourth-order valence-electron chi connectivity index (χ4n) is 8.34. The third kappa shape index (κ3) is 15.9. The van der Waals surface area contributed by atoms with Crippen LogP contribution in [0.4, 0.5) is 0 Å². The van der Waals surface area contributed by atoms with E-state index in [4.69, 9.17) is 56.2 Å². The number of hydrogen-bond donors (Lipinski definition) is 1. The van der Waals surface area contributed by atoms with E-state index in [-0.39, 0.29) is 52.9 Å². The van der Waals surface area contributed by atoms with Crippen LogP contribution in [0.3, 0.4) is 0 Å². The van der Waals surface area contributed by atoms with Gasteiger partial charge in [0, 0.05) is 14.0 Å². The molecule has 2 heterocycles. The first-order valence-corrected chi connectivity index (χ1v) is 25.2. The van der Waals surface area contributed by atoms with Crippen LogP contribution >= 0.6 is 8.60 Å². The second kappa shape index (κ2) is 28.3. The molecule has 8 rings (SSSR count). The fourth-order valence-corrected chi connectivity index (χ4v) is 9.36. The van der Waals surface area contributed by atoms with Gasteiger partial charge in [0.2, 0.25) is 6.29 Å². The van der Waals surface area contributed by atoms with Gasteiger partial charge >= 0.3 is 14.6 Å². The molecule has 0 aliphatic carbocycles. The lowest BCUT2D eigenvalue weighted by molar-refractivity contribution is -0.315. The van der Waals surface area contributed by atoms with Crippen molar-refractivity contribution in [1.82, 2.24) is 0 Å². The van der Waals surface area contributed by atoms with Crippen molar-refractivity contribution in [1.29, 1.82) is 0 Å². The van der Waals surface area contributed by atoms with Gasteiger partial charge in [0.1, 0.15) is 48.8 Å². The third-order valence-electron chi connectivity index (χ3n) is 12.0. The molecule has 72 heavy (non-hydrogen) atoms. The van der Waals surface area contributed by atoms with Crippen molar-refractivity contribution < 1.29 is 66.1 Å². The molecule has 0 spiro atoms. The minimum atomic E-state index is -2.39. The quantitative estimate of drug-likeness (QED) is 0.0406. The molecule has 1 N–H and O–H groups in total. The zero-order chi connectivity index (χ0) is 49.7. The molecule has 2 saturated heterocycles. The minimum absolute atomic E-state index is 0.0110. The normalized spacial score (nSPS) is 24.6. The van der Waals surface area contributed by atoms with E-state index >= 15 is 0 Å². The number of esters is 1. The Hall–Kier alpha value is -5.26. The summed E-state index contributed by atoms with van der Waals surface area (Å²) in [7, 11) is -0.931. The Kier molecular flexibility index (Phi) is 20.8. The van der Waals surface area contributed by atoms with Crippen LogP contribution in [0.5, 0.6) is 0 Å². The maximum atomic E-state index is 12.8. The molecule has 15 heteroatoms. The van der Waals surface area contributed by atoms with Gasteiger partial charge in [-0.15, -0.1) is 0 Å². The van der Waals surface area contributed by atoms with Crippen molar-refractivity contribution in [2.75, 3.05) is 20.3 Å². The maximum absolute atomic E-state index is 12.8. The highest BCUT2D eigenvalue weighted by Gasteiger charge is 2.53. The Morgan fingerprint density at radius 3 is 1.19 bits per heavy atom. The van der Waals surface area contributed by atoms with Crippen LogP contribution in [0, 0.1) is 0 Å². The average molecular weight is 1000 g/mol. The van der Waals surface area contributed by atoms with E-state index in [1.54, 1.807) is 0 Å². The van der Waals surface area contributed by atoms with Crippen molar-refractivity contribution in [2.45, 2.75) is 108 Å². The smallest absolute Gasteiger partial charge is 0.335 e. The van der Waals surface area contributed by atoms with Crippen LogP contribution in [-0.2, 0) is 101 Å². The maximum Gasteiger partial charge on any atom is 0.335 e. The van der Waals surface area contributed by atoms with Gasteiger partial charge in [0.25, 0.3) is 0 Å². The molecule has 6 aromatic carbocycles. The molecule has 6 aromatic rings. The molecule has 14 nitrogen and oxygen atoms in total. The van der Waals surface area contributed by atoms with Crippen molar-refractivity contribution in [3.05, 3.63) is 215 Å². The first kappa shape index (κ1) is 53.0. The van der Waals surface area contributed by atoms with Gasteiger partial charge in [-0.25, -0.2) is 0 Å². The molecule has 0 amide bonds. The summed E-state index contributed by atoms with van der Waals surface area (Å²) in [5.41, 5.74) is 5.42. The molecule has 0 aromatic heterocycles. The monoisotopic (exact) mass is 1000 g/mol. The van der Waals surface area contributed by atoms with Crippen molar-refractivity contribution in [2.24, 2.45) is 0 Å². The number of aliphatic hydroxyl groups is 1. The lowest BCUT2D eigenvalue weighted by Crippen LogP contribution is -2.62. The predicted molar refractivity (Wildman–Crippen MR) is 267 cm³/mol. The van der Waals surface area contributed by atoms with Gasteiger partial charge in [0.15, 0.2) is 6.29 Å². The topological polar surface area (TPSA) is 148 Å². The van der Waals surface area contributed by atoms with E-state index < -0.39 is 76.0 Å². The highest BCUT2D eigenvalue weighted by molar-refractivity contribution is 7.41. The largest absolute Gasteiger partial charge is 0.433 e. The van der Waals surface area contributed by atoms with Crippen LogP contribution in [0.15, 0.2) is 182 Å². The van der Waals surface area contributed by atoms with E-state index in [0.29, 0.717) is 0 Å². The molecule has 2 fully saturated rings. The molecule has 380 valence electrons. The summed E-state index contributed by atoms with van der Waals surface area (Å²) in [4.78, 5) is 12.8. The third-order valence-corrected chi connectivity index (χ3v) is 13.1. The second-order valence-electron chi connectivity index (χ2n) is 17.3. The van der Waals surface area contributed by atoms with Crippen molar-refractivity contribution in [3.8, 4) is 0 Å². The molecule has 11 atom stereocenters. The Morgan fingerprint density at radius 1 is 0.444 bits per heavy atom. The molecule has 2 aliphatic rings. The number of hydrogen-bond acceptors (Lipinski definition) is 14. The number of ether oxygens (including phenoxy) is 9. The van der Waals surface area contributed by atoms with Crippen molar-refractivity contribution in [3.63, 3.8) is 0 Å². The van der Waals surface area contributed by atoms with Gasteiger partial charge < -0.3 is 56.8 Å². The second-order valence-corrected chi connectivity index (χ2v) is 18.5. The predicted octanol–water partition coefficient (Wildman–Crippen LogP) is 9.41. The number of carbonyl (C=O) groups is 1. The molecule has 0 saturated carbocycles. The van der Waals surface area contributed by atoms with Gasteiger partial charge in [-0.3, -0.25) is 9.32 Å². The van der Waals surface area contributed by atoms with Gasteiger partial charge in [-0.05, 0) is 33.4 Å². The first-order chi connectivity index (χ1) is 35.4. The van der Waals surface area contributed by atoms with Crippen molar-refractivity contribution >= 4 is 14.6 Å². The lowest BCUT2D eigenvalue weighted by atomic mass is 9.98. The molecule has 0 bridgehead atoms. The van der Waals surface area contributed by atoms with E-state index in [9.17, 15) is 9.90 Å². The SMILES string of the molecule is COP(O[C@H]1O[C@H](COCc2ccccc2)[C@@H](O)[C@H](OCc2ccccc2)[C@H]1OCc1ccccc1)O[C@H]1[C@H](OCc2ccccc2)[C@@H](OCc2ccccc2)C(OC(C)=O)O[C@@H]1COCc1ccccc1. The van der Waals surface area contributed by atoms with E-state index in [1.165, 1.54) is 14.0 Å². The van der Waals surface area contributed by atoms with Crippen LogP contribution < -0.4 is 0 Å². The Labute approximate surface area is 422 Å². The number of rotatable bonds is 26. The summed E-state index contributed by atoms with van der Waals surface area (Å²) in [6.07, 6.45) is -10.6. The molecule has 2 aliphatic heterocycles. The Bertz CT molecular complexity index is 2430. The Balaban J connectivity index is 1.12. The van der Waals surface area contributed by atoms with Gasteiger partial charge in [0.05, 0.1) is 52.9 Å². The Morgan fingerprint density at radius 2 is 0.792 bits per heavy atom. The average Bonchev–Trinajstić information content (AvgIpc) is 3.42. The zero-order valence-electron chi connectivity index (χ0n) is 40.5. The summed E-state index contributed by atoms with van der Waals surface area (Å²) in [6, 6.07) is 58.1. The molecule has 2 unspecified atom stereocenters. The minimum Gasteiger partial charge on any atom is -0.433 e. The van der Waals surface area contributed by atoms with E-state index in [0.717, 1.165) is 33.4 Å². The van der Waals surface area contributed by atoms with Crippen LogP contribution in [0.2, 0.25) is 0 Å². The number of benzene rings is 6. The van der Waals surface area contributed by atoms with E-state index in [2.05, 4.69) is 0 Å². The summed E-state index contributed by atoms with van der Waals surface area (Å²) >= 11 is 0. The summed E-state index contributed by atoms with van der Waals surface area (Å²) in [6.45, 7) is 2.37. The lowest BCUT2D eigenvalue weighted by Gasteiger charge is -2.46.